The first-order valence-electron chi connectivity index (χ1n) is 9.98. The van der Waals surface area contributed by atoms with Gasteiger partial charge in [-0.15, -0.1) is 0 Å². The highest BCUT2D eigenvalue weighted by Crippen LogP contribution is 2.67. The molecular weight excluding hydrogens is 282 g/mol. The fourth-order valence-electron chi connectivity index (χ4n) is 7.81. The Morgan fingerprint density at radius 2 is 1.74 bits per heavy atom. The van der Waals surface area contributed by atoms with Gasteiger partial charge in [0.1, 0.15) is 0 Å². The van der Waals surface area contributed by atoms with Crippen LogP contribution in [0.25, 0.3) is 0 Å². The molecule has 0 bridgehead atoms. The van der Waals surface area contributed by atoms with Crippen molar-refractivity contribution in [2.24, 2.45) is 46.3 Å². The van der Waals surface area contributed by atoms with Gasteiger partial charge >= 0.3 is 0 Å². The third kappa shape index (κ3) is 2.08. The highest BCUT2D eigenvalue weighted by Gasteiger charge is 2.60. The Kier molecular flexibility index (Phi) is 3.62. The van der Waals surface area contributed by atoms with Crippen LogP contribution in [0.15, 0.2) is 0 Å². The van der Waals surface area contributed by atoms with Gasteiger partial charge in [-0.05, 0) is 91.8 Å². The minimum atomic E-state index is -0.0760. The molecule has 0 saturated heterocycles. The van der Waals surface area contributed by atoms with E-state index in [-0.39, 0.29) is 6.10 Å². The van der Waals surface area contributed by atoms with Crippen LogP contribution in [-0.2, 0) is 0 Å². The van der Waals surface area contributed by atoms with E-state index in [4.69, 9.17) is 0 Å². The quantitative estimate of drug-likeness (QED) is 0.699. The normalized spacial score (nSPS) is 58.7. The average molecular weight is 316 g/mol. The summed E-state index contributed by atoms with van der Waals surface area (Å²) < 4.78 is 0. The number of hydrogen-bond acceptors (Lipinski definition) is 2. The van der Waals surface area contributed by atoms with Crippen molar-refractivity contribution in [3.8, 4) is 6.07 Å². The summed E-state index contributed by atoms with van der Waals surface area (Å²) in [4.78, 5) is 0. The predicted molar refractivity (Wildman–Crippen MR) is 91.4 cm³/mol. The molecule has 2 heteroatoms. The van der Waals surface area contributed by atoms with Gasteiger partial charge in [0.2, 0.25) is 0 Å². The second-order valence-corrected chi connectivity index (χ2v) is 9.94. The molecule has 0 spiro atoms. The second kappa shape index (κ2) is 5.22. The predicted octanol–water partition coefficient (Wildman–Crippen LogP) is 4.78. The van der Waals surface area contributed by atoms with Crippen LogP contribution >= 0.6 is 0 Å². The Morgan fingerprint density at radius 1 is 1.00 bits per heavy atom. The molecule has 3 unspecified atom stereocenters. The lowest BCUT2D eigenvalue weighted by Gasteiger charge is -2.61. The molecule has 0 aliphatic heterocycles. The summed E-state index contributed by atoms with van der Waals surface area (Å²) in [6.07, 6.45) is 9.84. The molecule has 4 saturated carbocycles. The second-order valence-electron chi connectivity index (χ2n) is 9.94. The van der Waals surface area contributed by atoms with Crippen molar-refractivity contribution in [1.29, 1.82) is 5.26 Å². The molecule has 1 N–H and O–H groups in total. The zero-order valence-corrected chi connectivity index (χ0v) is 15.1. The van der Waals surface area contributed by atoms with E-state index in [1.807, 2.05) is 0 Å². The molecule has 0 aromatic heterocycles. The third-order valence-electron chi connectivity index (χ3n) is 9.17. The molecule has 4 rings (SSSR count). The topological polar surface area (TPSA) is 44.0 Å². The number of nitrogens with zero attached hydrogens (tertiary/aromatic N) is 1. The number of aliphatic hydroxyl groups excluding tert-OH is 1. The zero-order valence-electron chi connectivity index (χ0n) is 15.1. The number of hydrogen-bond donors (Lipinski definition) is 1. The summed E-state index contributed by atoms with van der Waals surface area (Å²) in [6.45, 7) is 7.23. The van der Waals surface area contributed by atoms with Gasteiger partial charge in [-0.25, -0.2) is 0 Å². The molecule has 4 fully saturated rings. The number of nitriles is 1. The maximum Gasteiger partial charge on any atom is 0.0661 e. The number of rotatable bonds is 0. The third-order valence-corrected chi connectivity index (χ3v) is 9.17. The summed E-state index contributed by atoms with van der Waals surface area (Å²) in [7, 11) is 0. The summed E-state index contributed by atoms with van der Waals surface area (Å²) in [5.74, 6) is 3.95. The van der Waals surface area contributed by atoms with Gasteiger partial charge in [0.15, 0.2) is 0 Å². The van der Waals surface area contributed by atoms with Crippen molar-refractivity contribution in [2.45, 2.75) is 78.2 Å². The van der Waals surface area contributed by atoms with Crippen LogP contribution in [0.1, 0.15) is 72.1 Å². The molecule has 0 amide bonds. The van der Waals surface area contributed by atoms with E-state index in [9.17, 15) is 10.4 Å². The van der Waals surface area contributed by atoms with Crippen LogP contribution in [0.4, 0.5) is 0 Å². The van der Waals surface area contributed by atoms with E-state index in [0.29, 0.717) is 22.7 Å². The van der Waals surface area contributed by atoms with Crippen molar-refractivity contribution in [1.82, 2.24) is 0 Å². The van der Waals surface area contributed by atoms with Crippen molar-refractivity contribution in [2.75, 3.05) is 0 Å². The monoisotopic (exact) mass is 315 g/mol. The fraction of sp³-hybridized carbons (Fsp3) is 0.952. The Labute approximate surface area is 141 Å². The maximum absolute atomic E-state index is 10.3. The van der Waals surface area contributed by atoms with Crippen LogP contribution in [0.5, 0.6) is 0 Å². The molecule has 2 nitrogen and oxygen atoms in total. The van der Waals surface area contributed by atoms with Gasteiger partial charge in [-0.3, -0.25) is 0 Å². The minimum Gasteiger partial charge on any atom is -0.393 e. The largest absolute Gasteiger partial charge is 0.393 e. The minimum absolute atomic E-state index is 0.0760. The van der Waals surface area contributed by atoms with Crippen LogP contribution in [0.3, 0.4) is 0 Å². The highest BCUT2D eigenvalue weighted by atomic mass is 16.3. The van der Waals surface area contributed by atoms with Crippen LogP contribution in [0, 0.1) is 57.7 Å². The van der Waals surface area contributed by atoms with Crippen molar-refractivity contribution >= 4 is 0 Å². The van der Waals surface area contributed by atoms with Gasteiger partial charge in [0.25, 0.3) is 0 Å². The van der Waals surface area contributed by atoms with Gasteiger partial charge < -0.3 is 5.11 Å². The van der Waals surface area contributed by atoms with Crippen LogP contribution in [-0.4, -0.2) is 11.2 Å². The summed E-state index contributed by atoms with van der Waals surface area (Å²) >= 11 is 0. The number of fused-ring (bicyclic) bond motifs is 5. The molecule has 0 aromatic carbocycles. The standard InChI is InChI=1S/C21H33NO/c1-13-11-21(3)14(10-19(13)23)4-6-16-17-7-5-15(12-22)20(17,2)9-8-18(16)21/h13-19,23H,4-11H2,1-3H3/t13-,14?,15+,16-,17?,18?,19-,20+,21-/m0/s1. The smallest absolute Gasteiger partial charge is 0.0661 e. The SMILES string of the molecule is C[C@H]1C[C@@]2(C)C(CC[C@@H]3C2CC[C@@]2(C)C3CC[C@@H]2C#N)C[C@@H]1O. The lowest BCUT2D eigenvalue weighted by atomic mass is 9.44. The Balaban J connectivity index is 1.63. The Hall–Kier alpha value is -0.550. The van der Waals surface area contributed by atoms with Gasteiger partial charge in [0.05, 0.1) is 18.1 Å². The summed E-state index contributed by atoms with van der Waals surface area (Å²) in [5, 5.41) is 19.9. The molecule has 0 heterocycles. The van der Waals surface area contributed by atoms with Crippen LogP contribution in [0.2, 0.25) is 0 Å². The van der Waals surface area contributed by atoms with Crippen molar-refractivity contribution in [3.05, 3.63) is 0 Å². The van der Waals surface area contributed by atoms with Gasteiger partial charge in [0, 0.05) is 0 Å². The molecule has 0 aromatic rings. The van der Waals surface area contributed by atoms with Crippen molar-refractivity contribution in [3.63, 3.8) is 0 Å². The van der Waals surface area contributed by atoms with E-state index >= 15 is 0 Å². The van der Waals surface area contributed by atoms with E-state index in [1.54, 1.807) is 0 Å². The Morgan fingerprint density at radius 3 is 2.48 bits per heavy atom. The highest BCUT2D eigenvalue weighted by molar-refractivity contribution is 5.12. The first-order valence-corrected chi connectivity index (χ1v) is 9.98. The molecular formula is C21H33NO. The van der Waals surface area contributed by atoms with Crippen molar-refractivity contribution < 1.29 is 5.11 Å². The molecule has 4 aliphatic rings. The zero-order chi connectivity index (χ0) is 16.4. The fourth-order valence-corrected chi connectivity index (χ4v) is 7.81. The average Bonchev–Trinajstić information content (AvgIpc) is 2.85. The molecule has 9 atom stereocenters. The maximum atomic E-state index is 10.3. The number of aliphatic hydroxyl groups is 1. The van der Waals surface area contributed by atoms with Crippen LogP contribution < -0.4 is 0 Å². The Bertz CT molecular complexity index is 524. The molecule has 4 aliphatic carbocycles. The van der Waals surface area contributed by atoms with E-state index < -0.39 is 0 Å². The molecule has 0 radical (unpaired) electrons. The molecule has 128 valence electrons. The van der Waals surface area contributed by atoms with E-state index in [0.717, 1.165) is 36.5 Å². The summed E-state index contributed by atoms with van der Waals surface area (Å²) in [6, 6.07) is 2.64. The van der Waals surface area contributed by atoms with E-state index in [2.05, 4.69) is 26.8 Å². The first kappa shape index (κ1) is 15.9. The van der Waals surface area contributed by atoms with Gasteiger partial charge in [-0.2, -0.15) is 5.26 Å². The first-order chi connectivity index (χ1) is 10.9. The van der Waals surface area contributed by atoms with E-state index in [1.165, 1.54) is 38.5 Å². The summed E-state index contributed by atoms with van der Waals surface area (Å²) in [5.41, 5.74) is 0.729. The van der Waals surface area contributed by atoms with Gasteiger partial charge in [-0.1, -0.05) is 20.8 Å². The molecule has 23 heavy (non-hydrogen) atoms. The lowest BCUT2D eigenvalue weighted by molar-refractivity contribution is -0.138. The lowest BCUT2D eigenvalue weighted by Crippen LogP contribution is -2.55.